The summed E-state index contributed by atoms with van der Waals surface area (Å²) >= 11 is 6.79. The van der Waals surface area contributed by atoms with Gasteiger partial charge in [-0.2, -0.15) is 0 Å². The summed E-state index contributed by atoms with van der Waals surface area (Å²) in [6.07, 6.45) is 3.53. The topological polar surface area (TPSA) is 41.6 Å². The first-order chi connectivity index (χ1) is 6.66. The molecule has 0 radical (unpaired) electrons. The minimum atomic E-state index is 0.780. The zero-order valence-electron chi connectivity index (χ0n) is 7.38. The molecule has 2 aromatic heterocycles. The van der Waals surface area contributed by atoms with Gasteiger partial charge in [-0.15, -0.1) is 0 Å². The number of hydrogen-bond acceptors (Lipinski definition) is 2. The number of aryl methyl sites for hydroxylation is 1. The summed E-state index contributed by atoms with van der Waals surface area (Å²) in [6, 6.07) is 1.94. The molecule has 0 aliphatic rings. The SMILES string of the molecule is Cc1cnc(-c2ncc(Br)cc2Br)[nH]1. The summed E-state index contributed by atoms with van der Waals surface area (Å²) in [6.45, 7) is 1.96. The van der Waals surface area contributed by atoms with Gasteiger partial charge in [0.05, 0.1) is 0 Å². The number of nitrogens with one attached hydrogen (secondary N) is 1. The molecule has 5 heteroatoms. The van der Waals surface area contributed by atoms with Crippen LogP contribution in [0.3, 0.4) is 0 Å². The lowest BCUT2D eigenvalue weighted by molar-refractivity contribution is 1.19. The molecule has 0 bridgehead atoms. The van der Waals surface area contributed by atoms with Gasteiger partial charge in [0.15, 0.2) is 5.82 Å². The van der Waals surface area contributed by atoms with Gasteiger partial charge in [-0.05, 0) is 44.8 Å². The van der Waals surface area contributed by atoms with Gasteiger partial charge in [-0.1, -0.05) is 0 Å². The van der Waals surface area contributed by atoms with Crippen molar-refractivity contribution in [2.45, 2.75) is 6.92 Å². The Morgan fingerprint density at radius 2 is 2.00 bits per heavy atom. The van der Waals surface area contributed by atoms with Gasteiger partial charge >= 0.3 is 0 Å². The average molecular weight is 317 g/mol. The lowest BCUT2D eigenvalue weighted by Gasteiger charge is -1.99. The lowest BCUT2D eigenvalue weighted by atomic mass is 10.3. The van der Waals surface area contributed by atoms with Crippen molar-refractivity contribution in [3.8, 4) is 11.5 Å². The second kappa shape index (κ2) is 3.82. The van der Waals surface area contributed by atoms with E-state index in [1.807, 2.05) is 13.0 Å². The van der Waals surface area contributed by atoms with Crippen LogP contribution in [0.15, 0.2) is 27.4 Å². The monoisotopic (exact) mass is 315 g/mol. The third-order valence-corrected chi connectivity index (χ3v) is 2.77. The number of aromatic nitrogens is 3. The molecular formula is C9H7Br2N3. The molecule has 14 heavy (non-hydrogen) atoms. The van der Waals surface area contributed by atoms with Crippen LogP contribution in [-0.2, 0) is 0 Å². The van der Waals surface area contributed by atoms with E-state index in [2.05, 4.69) is 46.8 Å². The Morgan fingerprint density at radius 1 is 1.21 bits per heavy atom. The van der Waals surface area contributed by atoms with Crippen molar-refractivity contribution in [2.24, 2.45) is 0 Å². The number of aromatic amines is 1. The molecule has 0 amide bonds. The van der Waals surface area contributed by atoms with E-state index < -0.39 is 0 Å². The number of imidazole rings is 1. The molecule has 0 aromatic carbocycles. The van der Waals surface area contributed by atoms with Crippen LogP contribution in [0.25, 0.3) is 11.5 Å². The maximum absolute atomic E-state index is 4.27. The Balaban J connectivity index is 2.52. The van der Waals surface area contributed by atoms with Crippen LogP contribution in [-0.4, -0.2) is 15.0 Å². The number of hydrogen-bond donors (Lipinski definition) is 1. The normalized spacial score (nSPS) is 10.5. The average Bonchev–Trinajstić information content (AvgIpc) is 2.51. The zero-order valence-corrected chi connectivity index (χ0v) is 10.6. The molecule has 2 heterocycles. The van der Waals surface area contributed by atoms with Gasteiger partial charge in [0.1, 0.15) is 5.69 Å². The van der Waals surface area contributed by atoms with Crippen LogP contribution in [0.4, 0.5) is 0 Å². The van der Waals surface area contributed by atoms with E-state index >= 15 is 0 Å². The van der Waals surface area contributed by atoms with E-state index in [1.54, 1.807) is 12.4 Å². The van der Waals surface area contributed by atoms with E-state index in [-0.39, 0.29) is 0 Å². The van der Waals surface area contributed by atoms with Gasteiger partial charge in [-0.25, -0.2) is 4.98 Å². The summed E-state index contributed by atoms with van der Waals surface area (Å²) in [7, 11) is 0. The Kier molecular flexibility index (Phi) is 2.69. The summed E-state index contributed by atoms with van der Waals surface area (Å²) in [5.41, 5.74) is 1.85. The van der Waals surface area contributed by atoms with Gasteiger partial charge < -0.3 is 4.98 Å². The van der Waals surface area contributed by atoms with Crippen molar-refractivity contribution in [1.82, 2.24) is 15.0 Å². The predicted molar refractivity (Wildman–Crippen MR) is 62.0 cm³/mol. The van der Waals surface area contributed by atoms with Gasteiger partial charge in [0.2, 0.25) is 0 Å². The number of H-pyrrole nitrogens is 1. The fourth-order valence-corrected chi connectivity index (χ4v) is 2.30. The predicted octanol–water partition coefficient (Wildman–Crippen LogP) is 3.31. The van der Waals surface area contributed by atoms with Crippen LogP contribution in [0.1, 0.15) is 5.69 Å². The van der Waals surface area contributed by atoms with Crippen molar-refractivity contribution < 1.29 is 0 Å². The van der Waals surface area contributed by atoms with Crippen molar-refractivity contribution >= 4 is 31.9 Å². The van der Waals surface area contributed by atoms with Crippen LogP contribution in [0.5, 0.6) is 0 Å². The van der Waals surface area contributed by atoms with E-state index in [0.717, 1.165) is 26.2 Å². The minimum Gasteiger partial charge on any atom is -0.341 e. The third kappa shape index (κ3) is 1.88. The summed E-state index contributed by atoms with van der Waals surface area (Å²) in [5, 5.41) is 0. The van der Waals surface area contributed by atoms with E-state index in [0.29, 0.717) is 0 Å². The fourth-order valence-electron chi connectivity index (χ4n) is 1.12. The maximum Gasteiger partial charge on any atom is 0.157 e. The van der Waals surface area contributed by atoms with E-state index in [1.165, 1.54) is 0 Å². The lowest BCUT2D eigenvalue weighted by Crippen LogP contribution is -1.87. The molecule has 0 atom stereocenters. The molecule has 0 unspecified atom stereocenters. The Labute approximate surface area is 98.2 Å². The second-order valence-electron chi connectivity index (χ2n) is 2.90. The van der Waals surface area contributed by atoms with Crippen LogP contribution < -0.4 is 0 Å². The molecule has 0 saturated heterocycles. The smallest absolute Gasteiger partial charge is 0.157 e. The number of nitrogens with zero attached hydrogens (tertiary/aromatic N) is 2. The highest BCUT2D eigenvalue weighted by atomic mass is 79.9. The van der Waals surface area contributed by atoms with E-state index in [4.69, 9.17) is 0 Å². The van der Waals surface area contributed by atoms with Gasteiger partial charge in [0.25, 0.3) is 0 Å². The van der Waals surface area contributed by atoms with Crippen molar-refractivity contribution in [3.05, 3.63) is 33.1 Å². The highest BCUT2D eigenvalue weighted by Gasteiger charge is 2.07. The highest BCUT2D eigenvalue weighted by Crippen LogP contribution is 2.26. The first kappa shape index (κ1) is 9.86. The number of pyridine rings is 1. The second-order valence-corrected chi connectivity index (χ2v) is 4.67. The molecule has 0 saturated carbocycles. The molecule has 72 valence electrons. The highest BCUT2D eigenvalue weighted by molar-refractivity contribution is 9.11. The van der Waals surface area contributed by atoms with Crippen molar-refractivity contribution in [1.29, 1.82) is 0 Å². The number of halogens is 2. The molecule has 0 spiro atoms. The molecular weight excluding hydrogens is 310 g/mol. The standard InChI is InChI=1S/C9H7Br2N3/c1-5-3-13-9(14-5)8-7(11)2-6(10)4-12-8/h2-4H,1H3,(H,13,14). The molecule has 3 nitrogen and oxygen atoms in total. The maximum atomic E-state index is 4.27. The Hall–Kier alpha value is -0.680. The minimum absolute atomic E-state index is 0.780. The largest absolute Gasteiger partial charge is 0.341 e. The molecule has 1 N–H and O–H groups in total. The Morgan fingerprint density at radius 3 is 2.57 bits per heavy atom. The molecule has 2 rings (SSSR count). The first-order valence-electron chi connectivity index (χ1n) is 4.00. The summed E-state index contributed by atoms with van der Waals surface area (Å²) in [5.74, 6) is 0.780. The first-order valence-corrected chi connectivity index (χ1v) is 5.58. The third-order valence-electron chi connectivity index (χ3n) is 1.73. The molecule has 2 aromatic rings. The molecule has 0 aliphatic carbocycles. The Bertz CT molecular complexity index is 465. The van der Waals surface area contributed by atoms with Crippen molar-refractivity contribution in [2.75, 3.05) is 0 Å². The fraction of sp³-hybridized carbons (Fsp3) is 0.111. The van der Waals surface area contributed by atoms with Crippen LogP contribution in [0.2, 0.25) is 0 Å². The van der Waals surface area contributed by atoms with Crippen LogP contribution in [0, 0.1) is 6.92 Å². The quantitative estimate of drug-likeness (QED) is 0.877. The number of rotatable bonds is 1. The zero-order chi connectivity index (χ0) is 10.1. The van der Waals surface area contributed by atoms with Gasteiger partial charge in [-0.3, -0.25) is 4.98 Å². The summed E-state index contributed by atoms with van der Waals surface area (Å²) < 4.78 is 1.86. The van der Waals surface area contributed by atoms with E-state index in [9.17, 15) is 0 Å². The van der Waals surface area contributed by atoms with Crippen LogP contribution >= 0.6 is 31.9 Å². The van der Waals surface area contributed by atoms with Crippen molar-refractivity contribution in [3.63, 3.8) is 0 Å². The molecule has 0 aliphatic heterocycles. The van der Waals surface area contributed by atoms with Gasteiger partial charge in [0, 0.05) is 27.0 Å². The summed E-state index contributed by atoms with van der Waals surface area (Å²) in [4.78, 5) is 11.6. The molecule has 0 fully saturated rings.